The number of allylic oxidation sites excluding steroid dienone is 2. The molecule has 1 saturated carbocycles. The number of pyridine rings is 1. The Bertz CT molecular complexity index is 1630. The number of nitrogens with zero attached hydrogens (tertiary/aromatic N) is 6. The van der Waals surface area contributed by atoms with Crippen molar-refractivity contribution in [3.05, 3.63) is 89.5 Å². The van der Waals surface area contributed by atoms with Crippen LogP contribution in [0, 0.1) is 12.8 Å². The van der Waals surface area contributed by atoms with E-state index in [4.69, 9.17) is 15.8 Å². The van der Waals surface area contributed by atoms with E-state index in [2.05, 4.69) is 53.2 Å². The third-order valence-electron chi connectivity index (χ3n) is 8.94. The van der Waals surface area contributed by atoms with E-state index in [0.29, 0.717) is 12.0 Å². The van der Waals surface area contributed by atoms with Crippen LogP contribution < -0.4 is 5.84 Å². The standard InChI is InChI=1S/C32H34N7O/c1-21-16-28(23-6-4-3-5-7-23)35-29-19-24(8-9-27(21)29)32-36-31(30-20-34-10-15-39(30,32)33)25-17-26(18-25)38-13-11-37(12-14-38)22(2)40/h3-10,15-16,19-20,25-26H,11-14,17-18,33H2,1-2H3/q+1. The summed E-state index contributed by atoms with van der Waals surface area (Å²) in [5.74, 6) is 8.38. The Balaban J connectivity index is 1.18. The first kappa shape index (κ1) is 25.0. The Morgan fingerprint density at radius 3 is 2.52 bits per heavy atom. The summed E-state index contributed by atoms with van der Waals surface area (Å²) in [4.78, 5) is 30.9. The van der Waals surface area contributed by atoms with Crippen molar-refractivity contribution in [3.8, 4) is 11.3 Å². The van der Waals surface area contributed by atoms with Gasteiger partial charge in [0, 0.05) is 56.0 Å². The lowest BCUT2D eigenvalue weighted by Gasteiger charge is -2.46. The highest BCUT2D eigenvalue weighted by Crippen LogP contribution is 2.44. The zero-order valence-corrected chi connectivity index (χ0v) is 23.0. The van der Waals surface area contributed by atoms with E-state index in [0.717, 1.165) is 84.0 Å². The monoisotopic (exact) mass is 532 g/mol. The van der Waals surface area contributed by atoms with Gasteiger partial charge in [0.25, 0.3) is 5.84 Å². The van der Waals surface area contributed by atoms with E-state index in [1.807, 2.05) is 35.5 Å². The number of hydrogen-bond donors (Lipinski definition) is 1. The molecule has 1 unspecified atom stereocenters. The number of hydrogen-bond acceptors (Lipinski definition) is 6. The second kappa shape index (κ2) is 9.59. The van der Waals surface area contributed by atoms with E-state index >= 15 is 0 Å². The first-order valence-electron chi connectivity index (χ1n) is 14.1. The molecule has 1 atom stereocenters. The van der Waals surface area contributed by atoms with Crippen molar-refractivity contribution < 1.29 is 9.39 Å². The molecule has 4 aliphatic rings. The number of nitrogens with two attached hydrogens (primary N) is 1. The van der Waals surface area contributed by atoms with Crippen molar-refractivity contribution in [1.82, 2.24) is 14.8 Å². The van der Waals surface area contributed by atoms with Crippen molar-refractivity contribution in [2.75, 3.05) is 26.2 Å². The summed E-state index contributed by atoms with van der Waals surface area (Å²) in [6.45, 7) is 7.29. The molecule has 1 saturated heterocycles. The largest absolute Gasteiger partial charge is 0.340 e. The Morgan fingerprint density at radius 1 is 1.00 bits per heavy atom. The van der Waals surface area contributed by atoms with Gasteiger partial charge in [0.15, 0.2) is 0 Å². The van der Waals surface area contributed by atoms with Gasteiger partial charge >= 0.3 is 0 Å². The predicted molar refractivity (Wildman–Crippen MR) is 158 cm³/mol. The molecule has 8 heteroatoms. The maximum atomic E-state index is 11.7. The molecular weight excluding hydrogens is 498 g/mol. The van der Waals surface area contributed by atoms with E-state index in [1.165, 1.54) is 5.56 Å². The number of amidine groups is 1. The highest BCUT2D eigenvalue weighted by atomic mass is 16.2. The summed E-state index contributed by atoms with van der Waals surface area (Å²) in [7, 11) is 0. The molecule has 0 bridgehead atoms. The minimum Gasteiger partial charge on any atom is -0.340 e. The van der Waals surface area contributed by atoms with Gasteiger partial charge in [-0.3, -0.25) is 14.7 Å². The fourth-order valence-electron chi connectivity index (χ4n) is 6.52. The average Bonchev–Trinajstić information content (AvgIpc) is 3.25. The van der Waals surface area contributed by atoms with E-state index in [1.54, 1.807) is 13.1 Å². The SMILES string of the molecule is CC(=O)N1CCN(C2CC(C3=C4C=NC=C[N+]4(N)C(c4ccc5c(C)cc(-c6ccccc6)nc5c4)=N3)C2)CC1. The fraction of sp³-hybridized carbons (Fsp3) is 0.312. The number of piperazine rings is 1. The summed E-state index contributed by atoms with van der Waals surface area (Å²) < 4.78 is 0.0279. The second-order valence-corrected chi connectivity index (χ2v) is 11.3. The molecule has 1 aromatic heterocycles. The highest BCUT2D eigenvalue weighted by Gasteiger charge is 2.49. The van der Waals surface area contributed by atoms with Gasteiger partial charge in [0.2, 0.25) is 11.6 Å². The lowest BCUT2D eigenvalue weighted by Crippen LogP contribution is -2.55. The summed E-state index contributed by atoms with van der Waals surface area (Å²) in [5.41, 5.74) is 7.15. The van der Waals surface area contributed by atoms with Crippen LogP contribution in [0.1, 0.15) is 30.9 Å². The molecule has 0 radical (unpaired) electrons. The van der Waals surface area contributed by atoms with Crippen LogP contribution in [0.4, 0.5) is 0 Å². The number of carbonyl (C=O) groups is 1. The minimum absolute atomic E-state index is 0.0279. The minimum atomic E-state index is 0.0279. The molecule has 202 valence electrons. The number of quaternary nitrogens is 1. The van der Waals surface area contributed by atoms with Crippen molar-refractivity contribution in [2.24, 2.45) is 21.7 Å². The molecule has 7 rings (SSSR count). The lowest BCUT2D eigenvalue weighted by atomic mass is 9.76. The highest BCUT2D eigenvalue weighted by molar-refractivity contribution is 6.03. The van der Waals surface area contributed by atoms with Crippen LogP contribution in [0.5, 0.6) is 0 Å². The molecule has 0 spiro atoms. The van der Waals surface area contributed by atoms with Crippen LogP contribution in [0.3, 0.4) is 0 Å². The summed E-state index contributed by atoms with van der Waals surface area (Å²) in [6.07, 6.45) is 7.65. The third-order valence-corrected chi connectivity index (χ3v) is 8.94. The summed E-state index contributed by atoms with van der Waals surface area (Å²) in [5, 5.41) is 1.13. The molecule has 8 nitrogen and oxygen atoms in total. The van der Waals surface area contributed by atoms with Crippen LogP contribution in [-0.4, -0.2) is 69.6 Å². The zero-order valence-electron chi connectivity index (χ0n) is 23.0. The number of carbonyl (C=O) groups excluding carboxylic acids is 1. The van der Waals surface area contributed by atoms with E-state index < -0.39 is 0 Å². The molecular formula is C32H34N7O+. The number of rotatable bonds is 4. The fourth-order valence-corrected chi connectivity index (χ4v) is 6.52. The van der Waals surface area contributed by atoms with Gasteiger partial charge in [-0.2, -0.15) is 10.8 Å². The zero-order chi connectivity index (χ0) is 27.4. The predicted octanol–water partition coefficient (Wildman–Crippen LogP) is 4.37. The number of benzene rings is 2. The van der Waals surface area contributed by atoms with Crippen LogP contribution in [0.25, 0.3) is 22.2 Å². The first-order valence-corrected chi connectivity index (χ1v) is 14.1. The Kier molecular flexibility index (Phi) is 6.00. The quantitative estimate of drug-likeness (QED) is 0.399. The number of amides is 1. The van der Waals surface area contributed by atoms with Gasteiger partial charge in [-0.05, 0) is 43.5 Å². The van der Waals surface area contributed by atoms with Gasteiger partial charge in [0.1, 0.15) is 11.9 Å². The van der Waals surface area contributed by atoms with Gasteiger partial charge in [0.05, 0.1) is 29.2 Å². The topological polar surface area (TPSA) is 87.2 Å². The molecule has 2 fully saturated rings. The second-order valence-electron chi connectivity index (χ2n) is 11.3. The lowest BCUT2D eigenvalue weighted by molar-refractivity contribution is -0.750. The Morgan fingerprint density at radius 2 is 1.77 bits per heavy atom. The molecule has 1 aliphatic carbocycles. The van der Waals surface area contributed by atoms with Crippen LogP contribution in [0.15, 0.2) is 88.4 Å². The number of aliphatic imine (C=N–C) groups is 2. The number of fused-ring (bicyclic) bond motifs is 2. The molecule has 1 amide bonds. The van der Waals surface area contributed by atoms with Crippen LogP contribution in [0.2, 0.25) is 0 Å². The first-order chi connectivity index (χ1) is 19.4. The van der Waals surface area contributed by atoms with Crippen molar-refractivity contribution in [3.63, 3.8) is 0 Å². The molecule has 2 N–H and O–H groups in total. The maximum absolute atomic E-state index is 11.7. The van der Waals surface area contributed by atoms with Crippen molar-refractivity contribution >= 4 is 28.9 Å². The van der Waals surface area contributed by atoms with Gasteiger partial charge in [-0.15, -0.1) is 4.59 Å². The molecule has 4 heterocycles. The Hall–Kier alpha value is -3.98. The van der Waals surface area contributed by atoms with Crippen molar-refractivity contribution in [1.29, 1.82) is 0 Å². The Labute approximate surface area is 234 Å². The summed E-state index contributed by atoms with van der Waals surface area (Å²) >= 11 is 0. The van der Waals surface area contributed by atoms with E-state index in [-0.39, 0.29) is 10.5 Å². The van der Waals surface area contributed by atoms with Crippen LogP contribution in [-0.2, 0) is 4.79 Å². The number of aryl methyl sites for hydroxylation is 1. The third kappa shape index (κ3) is 4.11. The van der Waals surface area contributed by atoms with Crippen LogP contribution >= 0.6 is 0 Å². The molecule has 3 aliphatic heterocycles. The van der Waals surface area contributed by atoms with Gasteiger partial charge < -0.3 is 4.90 Å². The summed E-state index contributed by atoms with van der Waals surface area (Å²) in [6, 6.07) is 19.3. The molecule has 3 aromatic rings. The molecule has 40 heavy (non-hydrogen) atoms. The van der Waals surface area contributed by atoms with Gasteiger partial charge in [-0.25, -0.2) is 4.98 Å². The average molecular weight is 533 g/mol. The van der Waals surface area contributed by atoms with E-state index in [9.17, 15) is 4.79 Å². The molecule has 2 aromatic carbocycles. The smallest absolute Gasteiger partial charge is 0.264 e. The van der Waals surface area contributed by atoms with Gasteiger partial charge in [-0.1, -0.05) is 36.4 Å². The normalized spacial score (nSPS) is 26.2. The number of aromatic nitrogens is 1. The maximum Gasteiger partial charge on any atom is 0.264 e. The van der Waals surface area contributed by atoms with Crippen molar-refractivity contribution in [2.45, 2.75) is 32.7 Å².